The number of likely N-dealkylation sites (N-methyl/N-ethyl adjacent to an activating group) is 1. The van der Waals surface area contributed by atoms with Gasteiger partial charge in [0, 0.05) is 26.6 Å². The largest absolute Gasteiger partial charge is 0.344 e. The first-order chi connectivity index (χ1) is 8.93. The molecule has 1 atom stereocenters. The summed E-state index contributed by atoms with van der Waals surface area (Å²) in [5.74, 6) is 0.862. The van der Waals surface area contributed by atoms with Gasteiger partial charge in [0.25, 0.3) is 0 Å². The first kappa shape index (κ1) is 16.0. The third-order valence-corrected chi connectivity index (χ3v) is 3.63. The number of rotatable bonds is 5. The molecule has 1 heterocycles. The Morgan fingerprint density at radius 3 is 2.63 bits per heavy atom. The molecule has 2 amide bonds. The van der Waals surface area contributed by atoms with Gasteiger partial charge < -0.3 is 15.5 Å². The van der Waals surface area contributed by atoms with Gasteiger partial charge in [-0.25, -0.2) is 0 Å². The fourth-order valence-electron chi connectivity index (χ4n) is 2.50. The minimum Gasteiger partial charge on any atom is -0.344 e. The molecule has 0 radical (unpaired) electrons. The highest BCUT2D eigenvalue weighted by Gasteiger charge is 2.24. The number of carbonyl (C=O) groups is 2. The van der Waals surface area contributed by atoms with Crippen molar-refractivity contribution < 1.29 is 9.59 Å². The van der Waals surface area contributed by atoms with Crippen LogP contribution < -0.4 is 5.73 Å². The Bertz CT molecular complexity index is 318. The fraction of sp³-hybridized carbons (Fsp3) is 0.857. The summed E-state index contributed by atoms with van der Waals surface area (Å²) in [6.45, 7) is 6.43. The van der Waals surface area contributed by atoms with Crippen molar-refractivity contribution in [2.45, 2.75) is 33.1 Å². The van der Waals surface area contributed by atoms with E-state index in [0.29, 0.717) is 25.4 Å². The molecule has 0 aromatic rings. The summed E-state index contributed by atoms with van der Waals surface area (Å²) in [6.07, 6.45) is 2.28. The smallest absolute Gasteiger partial charge is 0.241 e. The van der Waals surface area contributed by atoms with Gasteiger partial charge in [-0.3, -0.25) is 9.59 Å². The number of amides is 2. The van der Waals surface area contributed by atoms with Crippen LogP contribution in [-0.2, 0) is 9.59 Å². The molecule has 0 spiro atoms. The van der Waals surface area contributed by atoms with Crippen LogP contribution in [0.3, 0.4) is 0 Å². The van der Waals surface area contributed by atoms with Crippen molar-refractivity contribution in [1.29, 1.82) is 0 Å². The molecule has 0 bridgehead atoms. The zero-order chi connectivity index (χ0) is 14.4. The van der Waals surface area contributed by atoms with Crippen LogP contribution in [-0.4, -0.2) is 54.8 Å². The van der Waals surface area contributed by atoms with Gasteiger partial charge in [0.1, 0.15) is 0 Å². The molecule has 5 heteroatoms. The van der Waals surface area contributed by atoms with Crippen molar-refractivity contribution in [3.63, 3.8) is 0 Å². The fourth-order valence-corrected chi connectivity index (χ4v) is 2.50. The Morgan fingerprint density at radius 1 is 1.37 bits per heavy atom. The molecule has 2 N–H and O–H groups in total. The molecule has 1 saturated heterocycles. The average molecular weight is 269 g/mol. The average Bonchev–Trinajstić information content (AvgIpc) is 2.50. The van der Waals surface area contributed by atoms with Gasteiger partial charge in [-0.15, -0.1) is 0 Å². The zero-order valence-corrected chi connectivity index (χ0v) is 12.4. The van der Waals surface area contributed by atoms with E-state index < -0.39 is 0 Å². The Labute approximate surface area is 116 Å². The van der Waals surface area contributed by atoms with Crippen LogP contribution in [0.1, 0.15) is 33.1 Å². The lowest BCUT2D eigenvalue weighted by molar-refractivity contribution is -0.138. The molecule has 0 aromatic heterocycles. The minimum absolute atomic E-state index is 0.0269. The zero-order valence-electron chi connectivity index (χ0n) is 12.4. The number of carbonyl (C=O) groups excluding carboxylic acids is 2. The first-order valence-electron chi connectivity index (χ1n) is 7.15. The van der Waals surface area contributed by atoms with E-state index in [0.717, 1.165) is 19.4 Å². The molecule has 1 rings (SSSR count). The van der Waals surface area contributed by atoms with Crippen LogP contribution in [0.4, 0.5) is 0 Å². The van der Waals surface area contributed by atoms with Gasteiger partial charge in [-0.05, 0) is 31.2 Å². The quantitative estimate of drug-likeness (QED) is 0.798. The van der Waals surface area contributed by atoms with E-state index in [4.69, 9.17) is 5.73 Å². The molecule has 19 heavy (non-hydrogen) atoms. The SMILES string of the molecule is CC(C)CC(CN)CC(=O)N1CCCN(C)C(=O)C1. The lowest BCUT2D eigenvalue weighted by Gasteiger charge is -2.23. The topological polar surface area (TPSA) is 66.6 Å². The van der Waals surface area contributed by atoms with Crippen molar-refractivity contribution >= 4 is 11.8 Å². The van der Waals surface area contributed by atoms with Crippen LogP contribution in [0.25, 0.3) is 0 Å². The minimum atomic E-state index is 0.0269. The molecule has 110 valence electrons. The molecular formula is C14H27N3O2. The molecule has 0 aliphatic carbocycles. The third kappa shape index (κ3) is 5.19. The monoisotopic (exact) mass is 269 g/mol. The first-order valence-corrected chi connectivity index (χ1v) is 7.15. The summed E-state index contributed by atoms with van der Waals surface area (Å²) >= 11 is 0. The summed E-state index contributed by atoms with van der Waals surface area (Å²) in [5, 5.41) is 0. The van der Waals surface area contributed by atoms with Gasteiger partial charge in [0.05, 0.1) is 6.54 Å². The molecule has 1 aliphatic heterocycles. The standard InChI is InChI=1S/C14H27N3O2/c1-11(2)7-12(9-15)8-13(18)17-6-4-5-16(3)14(19)10-17/h11-12H,4-10,15H2,1-3H3. The van der Waals surface area contributed by atoms with Gasteiger partial charge in [0.2, 0.25) is 11.8 Å². The number of hydrogen-bond donors (Lipinski definition) is 1. The number of nitrogens with two attached hydrogens (primary N) is 1. The van der Waals surface area contributed by atoms with Crippen molar-refractivity contribution in [2.24, 2.45) is 17.6 Å². The van der Waals surface area contributed by atoms with Crippen molar-refractivity contribution in [3.8, 4) is 0 Å². The Morgan fingerprint density at radius 2 is 2.05 bits per heavy atom. The lowest BCUT2D eigenvalue weighted by Crippen LogP contribution is -2.39. The van der Waals surface area contributed by atoms with Gasteiger partial charge in [-0.2, -0.15) is 0 Å². The second-order valence-electron chi connectivity index (χ2n) is 5.92. The Kier molecular flexibility index (Phi) is 6.28. The predicted molar refractivity (Wildman–Crippen MR) is 75.5 cm³/mol. The third-order valence-electron chi connectivity index (χ3n) is 3.63. The lowest BCUT2D eigenvalue weighted by atomic mass is 9.94. The maximum atomic E-state index is 12.3. The van der Waals surface area contributed by atoms with E-state index >= 15 is 0 Å². The van der Waals surface area contributed by atoms with E-state index in [9.17, 15) is 9.59 Å². The molecule has 1 fully saturated rings. The molecule has 0 saturated carbocycles. The van der Waals surface area contributed by atoms with Crippen molar-refractivity contribution in [2.75, 3.05) is 33.2 Å². The van der Waals surface area contributed by atoms with E-state index in [2.05, 4.69) is 13.8 Å². The van der Waals surface area contributed by atoms with E-state index in [-0.39, 0.29) is 24.3 Å². The van der Waals surface area contributed by atoms with Crippen LogP contribution in [0.2, 0.25) is 0 Å². The van der Waals surface area contributed by atoms with Crippen molar-refractivity contribution in [1.82, 2.24) is 9.80 Å². The Hall–Kier alpha value is -1.10. The number of nitrogens with zero attached hydrogens (tertiary/aromatic N) is 2. The highest BCUT2D eigenvalue weighted by Crippen LogP contribution is 2.16. The van der Waals surface area contributed by atoms with E-state index in [1.54, 1.807) is 16.8 Å². The second kappa shape index (κ2) is 7.48. The Balaban J connectivity index is 2.53. The van der Waals surface area contributed by atoms with E-state index in [1.165, 1.54) is 0 Å². The normalized spacial score (nSPS) is 18.7. The van der Waals surface area contributed by atoms with Gasteiger partial charge in [-0.1, -0.05) is 13.8 Å². The molecule has 1 aliphatic rings. The molecule has 5 nitrogen and oxygen atoms in total. The molecular weight excluding hydrogens is 242 g/mol. The summed E-state index contributed by atoms with van der Waals surface area (Å²) < 4.78 is 0. The van der Waals surface area contributed by atoms with Crippen LogP contribution in [0.15, 0.2) is 0 Å². The van der Waals surface area contributed by atoms with Crippen LogP contribution >= 0.6 is 0 Å². The van der Waals surface area contributed by atoms with Gasteiger partial charge >= 0.3 is 0 Å². The number of hydrogen-bond acceptors (Lipinski definition) is 3. The highest BCUT2D eigenvalue weighted by molar-refractivity contribution is 5.85. The van der Waals surface area contributed by atoms with E-state index in [1.807, 2.05) is 0 Å². The summed E-state index contributed by atoms with van der Waals surface area (Å²) in [4.78, 5) is 27.4. The molecule has 0 aromatic carbocycles. The van der Waals surface area contributed by atoms with Crippen molar-refractivity contribution in [3.05, 3.63) is 0 Å². The van der Waals surface area contributed by atoms with Crippen LogP contribution in [0, 0.1) is 11.8 Å². The maximum absolute atomic E-state index is 12.3. The highest BCUT2D eigenvalue weighted by atomic mass is 16.2. The second-order valence-corrected chi connectivity index (χ2v) is 5.92. The van der Waals surface area contributed by atoms with Gasteiger partial charge in [0.15, 0.2) is 0 Å². The predicted octanol–water partition coefficient (Wildman–Crippen LogP) is 0.688. The maximum Gasteiger partial charge on any atom is 0.241 e. The molecule has 1 unspecified atom stereocenters. The summed E-state index contributed by atoms with van der Waals surface area (Å²) in [7, 11) is 1.79. The summed E-state index contributed by atoms with van der Waals surface area (Å²) in [5.41, 5.74) is 5.73. The van der Waals surface area contributed by atoms with Crippen LogP contribution in [0.5, 0.6) is 0 Å². The summed E-state index contributed by atoms with van der Waals surface area (Å²) in [6, 6.07) is 0.